The van der Waals surface area contributed by atoms with Crippen molar-refractivity contribution >= 4 is 10.0 Å². The quantitative estimate of drug-likeness (QED) is 0.840. The summed E-state index contributed by atoms with van der Waals surface area (Å²) in [5, 5.41) is 0. The summed E-state index contributed by atoms with van der Waals surface area (Å²) in [6.07, 6.45) is 0.725. The summed E-state index contributed by atoms with van der Waals surface area (Å²) in [7, 11) is -3.47. The van der Waals surface area contributed by atoms with Crippen molar-refractivity contribution in [3.63, 3.8) is 0 Å². The van der Waals surface area contributed by atoms with Crippen LogP contribution in [-0.2, 0) is 16.6 Å². The molecule has 1 aromatic rings. The molecule has 0 saturated heterocycles. The van der Waals surface area contributed by atoms with Crippen LogP contribution in [-0.4, -0.2) is 14.0 Å². The highest BCUT2D eigenvalue weighted by Crippen LogP contribution is 2.16. The number of benzene rings is 1. The number of sulfonamides is 1. The average molecular weight is 256 g/mol. The highest BCUT2D eigenvalue weighted by Gasteiger charge is 2.24. The Morgan fingerprint density at radius 1 is 1.35 bits per heavy atom. The monoisotopic (exact) mass is 256 g/mol. The third-order valence-corrected chi connectivity index (χ3v) is 4.43. The minimum absolute atomic E-state index is 0.266. The van der Waals surface area contributed by atoms with E-state index in [2.05, 4.69) is 4.72 Å². The maximum Gasteiger partial charge on any atom is 0.241 e. The van der Waals surface area contributed by atoms with Gasteiger partial charge in [0.25, 0.3) is 0 Å². The Morgan fingerprint density at radius 3 is 2.53 bits per heavy atom. The summed E-state index contributed by atoms with van der Waals surface area (Å²) in [5.41, 5.74) is 5.86. The van der Waals surface area contributed by atoms with Crippen LogP contribution in [0, 0.1) is 0 Å². The van der Waals surface area contributed by atoms with Gasteiger partial charge in [0.05, 0.1) is 4.90 Å². The SMILES string of the molecule is CCC(C)(C)NS(=O)(=O)c1cccc(CN)c1. The zero-order valence-electron chi connectivity index (χ0n) is 10.5. The first-order valence-corrected chi connectivity index (χ1v) is 7.12. The number of hydrogen-bond donors (Lipinski definition) is 2. The summed E-state index contributed by atoms with van der Waals surface area (Å²) in [5.74, 6) is 0. The Bertz CT molecular complexity index is 481. The molecule has 96 valence electrons. The van der Waals surface area contributed by atoms with E-state index in [1.54, 1.807) is 18.2 Å². The van der Waals surface area contributed by atoms with Gasteiger partial charge in [-0.1, -0.05) is 19.1 Å². The van der Waals surface area contributed by atoms with Crippen LogP contribution in [0.4, 0.5) is 0 Å². The fourth-order valence-electron chi connectivity index (χ4n) is 1.33. The van der Waals surface area contributed by atoms with E-state index in [9.17, 15) is 8.42 Å². The van der Waals surface area contributed by atoms with Gasteiger partial charge < -0.3 is 5.73 Å². The average Bonchev–Trinajstić information content (AvgIpc) is 2.28. The van der Waals surface area contributed by atoms with E-state index in [1.165, 1.54) is 0 Å². The molecule has 1 aromatic carbocycles. The van der Waals surface area contributed by atoms with E-state index in [4.69, 9.17) is 5.73 Å². The second-order valence-corrected chi connectivity index (χ2v) is 6.38. The first-order chi connectivity index (χ1) is 7.80. The zero-order valence-corrected chi connectivity index (χ0v) is 11.3. The third-order valence-electron chi connectivity index (χ3n) is 2.74. The molecule has 0 aliphatic carbocycles. The lowest BCUT2D eigenvalue weighted by Crippen LogP contribution is -2.42. The van der Waals surface area contributed by atoms with E-state index in [-0.39, 0.29) is 4.90 Å². The normalized spacial score (nSPS) is 12.7. The van der Waals surface area contributed by atoms with E-state index in [1.807, 2.05) is 26.8 Å². The van der Waals surface area contributed by atoms with Crippen molar-refractivity contribution in [2.24, 2.45) is 5.73 Å². The molecule has 17 heavy (non-hydrogen) atoms. The highest BCUT2D eigenvalue weighted by atomic mass is 32.2. The lowest BCUT2D eigenvalue weighted by molar-refractivity contribution is 0.439. The number of nitrogens with two attached hydrogens (primary N) is 1. The van der Waals surface area contributed by atoms with E-state index in [0.717, 1.165) is 12.0 Å². The first kappa shape index (κ1) is 14.2. The van der Waals surface area contributed by atoms with Crippen molar-refractivity contribution in [2.75, 3.05) is 0 Å². The minimum Gasteiger partial charge on any atom is -0.326 e. The molecule has 0 unspecified atom stereocenters. The van der Waals surface area contributed by atoms with Crippen molar-refractivity contribution in [2.45, 2.75) is 44.2 Å². The second-order valence-electron chi connectivity index (χ2n) is 4.69. The van der Waals surface area contributed by atoms with Crippen molar-refractivity contribution < 1.29 is 8.42 Å². The minimum atomic E-state index is -3.47. The Balaban J connectivity index is 3.05. The van der Waals surface area contributed by atoms with Crippen LogP contribution in [0.2, 0.25) is 0 Å². The number of nitrogens with one attached hydrogen (secondary N) is 1. The molecular weight excluding hydrogens is 236 g/mol. The van der Waals surface area contributed by atoms with E-state index >= 15 is 0 Å². The summed E-state index contributed by atoms with van der Waals surface area (Å²) in [6.45, 7) is 5.99. The molecule has 0 spiro atoms. The van der Waals surface area contributed by atoms with Crippen molar-refractivity contribution in [1.82, 2.24) is 4.72 Å². The molecule has 0 saturated carbocycles. The van der Waals surface area contributed by atoms with Gasteiger partial charge in [0, 0.05) is 12.1 Å². The van der Waals surface area contributed by atoms with Gasteiger partial charge in [-0.05, 0) is 38.0 Å². The molecule has 0 amide bonds. The maximum absolute atomic E-state index is 12.1. The summed E-state index contributed by atoms with van der Waals surface area (Å²) in [4.78, 5) is 0.266. The van der Waals surface area contributed by atoms with Crippen molar-refractivity contribution in [3.05, 3.63) is 29.8 Å². The number of hydrogen-bond acceptors (Lipinski definition) is 3. The smallest absolute Gasteiger partial charge is 0.241 e. The van der Waals surface area contributed by atoms with Crippen LogP contribution >= 0.6 is 0 Å². The molecule has 0 radical (unpaired) electrons. The largest absolute Gasteiger partial charge is 0.326 e. The molecular formula is C12H20N2O2S. The zero-order chi connectivity index (χ0) is 13.1. The molecule has 0 aliphatic rings. The molecule has 0 aliphatic heterocycles. The molecule has 5 heteroatoms. The van der Waals surface area contributed by atoms with Gasteiger partial charge in [0.1, 0.15) is 0 Å². The van der Waals surface area contributed by atoms with Crippen molar-refractivity contribution in [1.29, 1.82) is 0 Å². The van der Waals surface area contributed by atoms with Crippen LogP contribution in [0.3, 0.4) is 0 Å². The Hall–Kier alpha value is -0.910. The fourth-order valence-corrected chi connectivity index (χ4v) is 2.89. The lowest BCUT2D eigenvalue weighted by Gasteiger charge is -2.24. The lowest BCUT2D eigenvalue weighted by atomic mass is 10.0. The van der Waals surface area contributed by atoms with Crippen molar-refractivity contribution in [3.8, 4) is 0 Å². The fraction of sp³-hybridized carbons (Fsp3) is 0.500. The molecule has 4 nitrogen and oxygen atoms in total. The predicted octanol–water partition coefficient (Wildman–Crippen LogP) is 1.61. The molecule has 0 atom stereocenters. The van der Waals surface area contributed by atoms with Gasteiger partial charge in [-0.15, -0.1) is 0 Å². The highest BCUT2D eigenvalue weighted by molar-refractivity contribution is 7.89. The standard InChI is InChI=1S/C12H20N2O2S/c1-4-12(2,3)14-17(15,16)11-7-5-6-10(8-11)9-13/h5-8,14H,4,9,13H2,1-3H3. The van der Waals surface area contributed by atoms with Gasteiger partial charge in [0.15, 0.2) is 0 Å². The maximum atomic E-state index is 12.1. The van der Waals surface area contributed by atoms with Gasteiger partial charge in [-0.2, -0.15) is 0 Å². The van der Waals surface area contributed by atoms with Gasteiger partial charge in [0.2, 0.25) is 10.0 Å². The Labute approximate surface area is 103 Å². The Morgan fingerprint density at radius 2 is 2.00 bits per heavy atom. The third kappa shape index (κ3) is 3.80. The van der Waals surface area contributed by atoms with Gasteiger partial charge >= 0.3 is 0 Å². The molecule has 3 N–H and O–H groups in total. The van der Waals surface area contributed by atoms with E-state index < -0.39 is 15.6 Å². The van der Waals surface area contributed by atoms with Crippen LogP contribution in [0.5, 0.6) is 0 Å². The van der Waals surface area contributed by atoms with Gasteiger partial charge in [-0.3, -0.25) is 0 Å². The summed E-state index contributed by atoms with van der Waals surface area (Å²) < 4.78 is 26.9. The molecule has 0 aromatic heterocycles. The second kappa shape index (κ2) is 5.16. The van der Waals surface area contributed by atoms with Crippen LogP contribution in [0.15, 0.2) is 29.2 Å². The summed E-state index contributed by atoms with van der Waals surface area (Å²) in [6, 6.07) is 6.70. The molecule has 0 heterocycles. The Kier molecular flexibility index (Phi) is 4.30. The molecule has 1 rings (SSSR count). The van der Waals surface area contributed by atoms with Crippen LogP contribution in [0.1, 0.15) is 32.8 Å². The number of rotatable bonds is 5. The topological polar surface area (TPSA) is 72.2 Å². The molecule has 0 fully saturated rings. The molecule has 0 bridgehead atoms. The van der Waals surface area contributed by atoms with E-state index in [0.29, 0.717) is 6.54 Å². The van der Waals surface area contributed by atoms with Crippen LogP contribution in [0.25, 0.3) is 0 Å². The predicted molar refractivity (Wildman–Crippen MR) is 69.0 cm³/mol. The van der Waals surface area contributed by atoms with Crippen LogP contribution < -0.4 is 10.5 Å². The first-order valence-electron chi connectivity index (χ1n) is 5.64. The van der Waals surface area contributed by atoms with Gasteiger partial charge in [-0.25, -0.2) is 13.1 Å². The summed E-state index contributed by atoms with van der Waals surface area (Å²) >= 11 is 0.